The Morgan fingerprint density at radius 1 is 1.12 bits per heavy atom. The van der Waals surface area contributed by atoms with Crippen molar-refractivity contribution in [3.63, 3.8) is 0 Å². The van der Waals surface area contributed by atoms with E-state index in [1.54, 1.807) is 12.1 Å². The van der Waals surface area contributed by atoms with Crippen molar-refractivity contribution in [3.05, 3.63) is 66.6 Å². The molecule has 0 unspecified atom stereocenters. The molecule has 2 aromatic carbocycles. The Bertz CT molecular complexity index is 952. The van der Waals surface area contributed by atoms with E-state index >= 15 is 0 Å². The van der Waals surface area contributed by atoms with Crippen LogP contribution in [0.15, 0.2) is 55.1 Å². The van der Waals surface area contributed by atoms with Crippen LogP contribution in [0.3, 0.4) is 0 Å². The molecule has 0 saturated carbocycles. The first-order valence-electron chi connectivity index (χ1n) is 8.12. The predicted octanol–water partition coefficient (Wildman–Crippen LogP) is 5.21. The molecule has 3 nitrogen and oxygen atoms in total. The Labute approximate surface area is 146 Å². The van der Waals surface area contributed by atoms with Crippen LogP contribution in [0, 0.1) is 5.82 Å². The SMILES string of the molecule is C=C(C(=O)OC)c1c(-c2ccc(F)cc2)c2ccccc2n1C(C)C. The van der Waals surface area contributed by atoms with Gasteiger partial charge in [-0.15, -0.1) is 0 Å². The van der Waals surface area contributed by atoms with Crippen molar-refractivity contribution in [1.29, 1.82) is 0 Å². The molecule has 0 bridgehead atoms. The van der Waals surface area contributed by atoms with Crippen LogP contribution in [0.4, 0.5) is 4.39 Å². The number of carbonyl (C=O) groups excluding carboxylic acids is 1. The van der Waals surface area contributed by atoms with Gasteiger partial charge in [-0.3, -0.25) is 0 Å². The van der Waals surface area contributed by atoms with Crippen LogP contribution in [0.5, 0.6) is 0 Å². The second-order valence-corrected chi connectivity index (χ2v) is 6.18. The second-order valence-electron chi connectivity index (χ2n) is 6.18. The smallest absolute Gasteiger partial charge is 0.339 e. The van der Waals surface area contributed by atoms with Gasteiger partial charge in [0.1, 0.15) is 5.82 Å². The molecule has 0 N–H and O–H groups in total. The molecule has 1 aromatic heterocycles. The first-order chi connectivity index (χ1) is 12.0. The molecule has 0 atom stereocenters. The summed E-state index contributed by atoms with van der Waals surface area (Å²) < 4.78 is 20.4. The molecule has 4 heteroatoms. The zero-order chi connectivity index (χ0) is 18.1. The van der Waals surface area contributed by atoms with Gasteiger partial charge in [0, 0.05) is 22.5 Å². The number of hydrogen-bond donors (Lipinski definition) is 0. The summed E-state index contributed by atoms with van der Waals surface area (Å²) in [6.07, 6.45) is 0. The fourth-order valence-corrected chi connectivity index (χ4v) is 3.22. The summed E-state index contributed by atoms with van der Waals surface area (Å²) in [4.78, 5) is 12.2. The third-order valence-corrected chi connectivity index (χ3v) is 4.28. The van der Waals surface area contributed by atoms with Crippen LogP contribution in [-0.4, -0.2) is 17.6 Å². The molecule has 0 radical (unpaired) electrons. The van der Waals surface area contributed by atoms with Crippen LogP contribution in [0.1, 0.15) is 25.6 Å². The summed E-state index contributed by atoms with van der Waals surface area (Å²) in [7, 11) is 1.34. The maximum atomic E-state index is 13.4. The minimum Gasteiger partial charge on any atom is -0.465 e. The number of para-hydroxylation sites is 1. The Morgan fingerprint density at radius 2 is 1.76 bits per heavy atom. The van der Waals surface area contributed by atoms with Gasteiger partial charge < -0.3 is 9.30 Å². The normalized spacial score (nSPS) is 11.1. The number of hydrogen-bond acceptors (Lipinski definition) is 2. The van der Waals surface area contributed by atoms with Crippen LogP contribution >= 0.6 is 0 Å². The number of aromatic nitrogens is 1. The summed E-state index contributed by atoms with van der Waals surface area (Å²) in [6.45, 7) is 8.07. The molecule has 0 spiro atoms. The maximum Gasteiger partial charge on any atom is 0.339 e. The molecule has 1 heterocycles. The van der Waals surface area contributed by atoms with Crippen LogP contribution in [0.2, 0.25) is 0 Å². The molecular weight excluding hydrogens is 317 g/mol. The van der Waals surface area contributed by atoms with Crippen molar-refractivity contribution in [3.8, 4) is 11.1 Å². The molecular formula is C21H20FNO2. The van der Waals surface area contributed by atoms with Crippen molar-refractivity contribution in [1.82, 2.24) is 4.57 Å². The number of carbonyl (C=O) groups is 1. The fraction of sp³-hybridized carbons (Fsp3) is 0.190. The van der Waals surface area contributed by atoms with E-state index < -0.39 is 5.97 Å². The number of rotatable bonds is 4. The van der Waals surface area contributed by atoms with Gasteiger partial charge in [0.25, 0.3) is 0 Å². The molecule has 0 fully saturated rings. The number of methoxy groups -OCH3 is 1. The van der Waals surface area contributed by atoms with Gasteiger partial charge in [0.05, 0.1) is 18.4 Å². The quantitative estimate of drug-likeness (QED) is 0.483. The standard InChI is InChI=1S/C21H20FNO2/c1-13(2)23-18-8-6-5-7-17(18)19(15-9-11-16(22)12-10-15)20(23)14(3)21(24)25-4/h5-13H,3H2,1-2,4H3. The molecule has 0 aliphatic heterocycles. The van der Waals surface area contributed by atoms with Gasteiger partial charge >= 0.3 is 5.97 Å². The van der Waals surface area contributed by atoms with E-state index in [1.165, 1.54) is 19.2 Å². The minimum atomic E-state index is -0.479. The summed E-state index contributed by atoms with van der Waals surface area (Å²) >= 11 is 0. The summed E-state index contributed by atoms with van der Waals surface area (Å²) in [5.74, 6) is -0.780. The lowest BCUT2D eigenvalue weighted by atomic mass is 9.99. The first kappa shape index (κ1) is 17.0. The van der Waals surface area contributed by atoms with Crippen molar-refractivity contribution < 1.29 is 13.9 Å². The third kappa shape index (κ3) is 2.84. The number of ether oxygens (including phenoxy) is 1. The third-order valence-electron chi connectivity index (χ3n) is 4.28. The Kier molecular flexibility index (Phi) is 4.45. The van der Waals surface area contributed by atoms with Gasteiger partial charge in [-0.05, 0) is 37.6 Å². The Hall–Kier alpha value is -2.88. The van der Waals surface area contributed by atoms with E-state index in [2.05, 4.69) is 25.0 Å². The van der Waals surface area contributed by atoms with Crippen molar-refractivity contribution in [2.75, 3.05) is 7.11 Å². The van der Waals surface area contributed by atoms with Crippen LogP contribution in [-0.2, 0) is 9.53 Å². The topological polar surface area (TPSA) is 31.2 Å². The molecule has 0 aliphatic carbocycles. The molecule has 0 amide bonds. The summed E-state index contributed by atoms with van der Waals surface area (Å²) in [6, 6.07) is 14.3. The maximum absolute atomic E-state index is 13.4. The number of nitrogens with zero attached hydrogens (tertiary/aromatic N) is 1. The van der Waals surface area contributed by atoms with Gasteiger partial charge in [0.2, 0.25) is 0 Å². The predicted molar refractivity (Wildman–Crippen MR) is 98.8 cm³/mol. The first-order valence-corrected chi connectivity index (χ1v) is 8.12. The molecule has 25 heavy (non-hydrogen) atoms. The van der Waals surface area contributed by atoms with E-state index in [-0.39, 0.29) is 17.4 Å². The number of benzene rings is 2. The van der Waals surface area contributed by atoms with E-state index in [0.717, 1.165) is 22.0 Å². The van der Waals surface area contributed by atoms with Crippen molar-refractivity contribution in [2.45, 2.75) is 19.9 Å². The van der Waals surface area contributed by atoms with Gasteiger partial charge in [0.15, 0.2) is 0 Å². The van der Waals surface area contributed by atoms with Gasteiger partial charge in [-0.1, -0.05) is 36.9 Å². The minimum absolute atomic E-state index is 0.107. The monoisotopic (exact) mass is 337 g/mol. The Morgan fingerprint density at radius 3 is 2.36 bits per heavy atom. The largest absolute Gasteiger partial charge is 0.465 e. The molecule has 0 saturated heterocycles. The molecule has 3 aromatic rings. The van der Waals surface area contributed by atoms with Crippen LogP contribution in [0.25, 0.3) is 27.6 Å². The number of esters is 1. The average Bonchev–Trinajstić information content (AvgIpc) is 2.96. The van der Waals surface area contributed by atoms with E-state index in [9.17, 15) is 9.18 Å². The zero-order valence-corrected chi connectivity index (χ0v) is 14.5. The molecule has 128 valence electrons. The van der Waals surface area contributed by atoms with E-state index in [4.69, 9.17) is 4.74 Å². The van der Waals surface area contributed by atoms with E-state index in [0.29, 0.717) is 5.69 Å². The number of halogens is 1. The fourth-order valence-electron chi connectivity index (χ4n) is 3.22. The summed E-state index contributed by atoms with van der Waals surface area (Å²) in [5, 5.41) is 0.989. The van der Waals surface area contributed by atoms with Crippen molar-refractivity contribution in [2.24, 2.45) is 0 Å². The highest BCUT2D eigenvalue weighted by molar-refractivity contribution is 6.19. The summed E-state index contributed by atoms with van der Waals surface area (Å²) in [5.41, 5.74) is 3.68. The number of fused-ring (bicyclic) bond motifs is 1. The van der Waals surface area contributed by atoms with E-state index in [1.807, 2.05) is 24.3 Å². The molecule has 0 aliphatic rings. The lowest BCUT2D eigenvalue weighted by molar-refractivity contribution is -0.133. The van der Waals surface area contributed by atoms with Crippen LogP contribution < -0.4 is 0 Å². The van der Waals surface area contributed by atoms with Crippen molar-refractivity contribution >= 4 is 22.4 Å². The molecule has 3 rings (SSSR count). The highest BCUT2D eigenvalue weighted by Gasteiger charge is 2.25. The highest BCUT2D eigenvalue weighted by atomic mass is 19.1. The second kappa shape index (κ2) is 6.55. The highest BCUT2D eigenvalue weighted by Crippen LogP contribution is 2.40. The van der Waals surface area contributed by atoms with Gasteiger partial charge in [-0.25, -0.2) is 9.18 Å². The average molecular weight is 337 g/mol. The lowest BCUT2D eigenvalue weighted by Crippen LogP contribution is -2.11. The zero-order valence-electron chi connectivity index (χ0n) is 14.5. The van der Waals surface area contributed by atoms with Gasteiger partial charge in [-0.2, -0.15) is 0 Å². The Balaban J connectivity index is 2.42. The lowest BCUT2D eigenvalue weighted by Gasteiger charge is -2.16.